The fraction of sp³-hybridized carbons (Fsp3) is 0.636. The summed E-state index contributed by atoms with van der Waals surface area (Å²) in [5.41, 5.74) is 2.08. The largest absolute Gasteiger partial charge is 0.480 e. The normalized spacial score (nSPS) is 24.2. The molecule has 1 saturated heterocycles. The predicted molar refractivity (Wildman–Crippen MR) is 66.9 cm³/mol. The number of nitrogens with one attached hydrogen (secondary N) is 1. The minimum Gasteiger partial charge on any atom is -0.480 e. The number of carbonyl (C=O) groups is 1. The highest BCUT2D eigenvalue weighted by Crippen LogP contribution is 2.24. The first-order chi connectivity index (χ1) is 7.99. The molecule has 2 atom stereocenters. The number of aliphatic carboxylic acids is 1. The first-order valence-electron chi connectivity index (χ1n) is 5.66. The standard InChI is InChI=1S/C11H16BrN3O2/c1-6-10(12)9(15(2)14-6)5-7-3-4-8(13-7)11(16)17/h7-8,13H,3-5H2,1-2H3,(H,16,17). The van der Waals surface area contributed by atoms with Crippen molar-refractivity contribution in [1.82, 2.24) is 15.1 Å². The Morgan fingerprint density at radius 2 is 2.35 bits per heavy atom. The van der Waals surface area contributed by atoms with Crippen LogP contribution in [0, 0.1) is 6.92 Å². The smallest absolute Gasteiger partial charge is 0.320 e. The van der Waals surface area contributed by atoms with Crippen molar-refractivity contribution in [2.75, 3.05) is 0 Å². The molecule has 0 amide bonds. The summed E-state index contributed by atoms with van der Waals surface area (Å²) < 4.78 is 2.88. The summed E-state index contributed by atoms with van der Waals surface area (Å²) in [5.74, 6) is -0.757. The quantitative estimate of drug-likeness (QED) is 0.881. The molecule has 17 heavy (non-hydrogen) atoms. The van der Waals surface area contributed by atoms with Crippen LogP contribution in [0.5, 0.6) is 0 Å². The fourth-order valence-corrected chi connectivity index (χ4v) is 2.81. The summed E-state index contributed by atoms with van der Waals surface area (Å²) >= 11 is 3.52. The molecule has 0 radical (unpaired) electrons. The first-order valence-corrected chi connectivity index (χ1v) is 6.45. The summed E-state index contributed by atoms with van der Waals surface area (Å²) in [7, 11) is 1.91. The number of hydrogen-bond donors (Lipinski definition) is 2. The van der Waals surface area contributed by atoms with E-state index in [9.17, 15) is 4.79 Å². The molecule has 6 heteroatoms. The third kappa shape index (κ3) is 2.52. The number of halogens is 1. The highest BCUT2D eigenvalue weighted by molar-refractivity contribution is 9.10. The van der Waals surface area contributed by atoms with Gasteiger partial charge < -0.3 is 10.4 Å². The molecule has 94 valence electrons. The Bertz CT molecular complexity index is 444. The second kappa shape index (κ2) is 4.78. The zero-order valence-electron chi connectivity index (χ0n) is 9.90. The average Bonchev–Trinajstić information content (AvgIpc) is 2.80. The van der Waals surface area contributed by atoms with Gasteiger partial charge in [-0.2, -0.15) is 5.10 Å². The van der Waals surface area contributed by atoms with E-state index in [2.05, 4.69) is 26.3 Å². The van der Waals surface area contributed by atoms with Crippen LogP contribution in [0.15, 0.2) is 4.47 Å². The monoisotopic (exact) mass is 301 g/mol. The van der Waals surface area contributed by atoms with Gasteiger partial charge in [0.05, 0.1) is 15.9 Å². The van der Waals surface area contributed by atoms with Crippen molar-refractivity contribution < 1.29 is 9.90 Å². The maximum Gasteiger partial charge on any atom is 0.320 e. The lowest BCUT2D eigenvalue weighted by Crippen LogP contribution is -2.36. The first kappa shape index (κ1) is 12.6. The summed E-state index contributed by atoms with van der Waals surface area (Å²) in [5, 5.41) is 16.4. The van der Waals surface area contributed by atoms with Gasteiger partial charge in [0.25, 0.3) is 0 Å². The molecule has 0 spiro atoms. The zero-order valence-corrected chi connectivity index (χ0v) is 11.5. The Morgan fingerprint density at radius 1 is 1.65 bits per heavy atom. The number of hydrogen-bond acceptors (Lipinski definition) is 3. The van der Waals surface area contributed by atoms with E-state index >= 15 is 0 Å². The van der Waals surface area contributed by atoms with Gasteiger partial charge >= 0.3 is 5.97 Å². The molecule has 2 unspecified atom stereocenters. The summed E-state index contributed by atoms with van der Waals surface area (Å²) in [6.45, 7) is 1.95. The summed E-state index contributed by atoms with van der Waals surface area (Å²) in [4.78, 5) is 10.8. The van der Waals surface area contributed by atoms with E-state index < -0.39 is 12.0 Å². The molecule has 1 aromatic rings. The number of aromatic nitrogens is 2. The summed E-state index contributed by atoms with van der Waals surface area (Å²) in [6.07, 6.45) is 2.41. The zero-order chi connectivity index (χ0) is 12.6. The third-order valence-corrected chi connectivity index (χ3v) is 4.27. The van der Waals surface area contributed by atoms with Gasteiger partial charge in [-0.1, -0.05) is 0 Å². The predicted octanol–water partition coefficient (Wildman–Crippen LogP) is 1.24. The third-order valence-electron chi connectivity index (χ3n) is 3.24. The second-order valence-corrected chi connectivity index (χ2v) is 5.30. The van der Waals surface area contributed by atoms with E-state index in [4.69, 9.17) is 5.11 Å². The molecule has 0 aromatic carbocycles. The van der Waals surface area contributed by atoms with Crippen LogP contribution in [-0.4, -0.2) is 32.9 Å². The van der Waals surface area contributed by atoms with Crippen molar-refractivity contribution >= 4 is 21.9 Å². The Hall–Kier alpha value is -0.880. The Kier molecular flexibility index (Phi) is 3.53. The highest BCUT2D eigenvalue weighted by atomic mass is 79.9. The minimum absolute atomic E-state index is 0.224. The maximum absolute atomic E-state index is 10.8. The minimum atomic E-state index is -0.757. The Morgan fingerprint density at radius 3 is 2.82 bits per heavy atom. The van der Waals surface area contributed by atoms with Gasteiger partial charge in [-0.05, 0) is 35.7 Å². The SMILES string of the molecule is Cc1nn(C)c(CC2CCC(C(=O)O)N2)c1Br. The van der Waals surface area contributed by atoms with Crippen LogP contribution in [0.25, 0.3) is 0 Å². The van der Waals surface area contributed by atoms with E-state index in [1.165, 1.54) is 0 Å². The van der Waals surface area contributed by atoms with Crippen LogP contribution in [-0.2, 0) is 18.3 Å². The molecule has 1 fully saturated rings. The molecule has 1 aliphatic rings. The van der Waals surface area contributed by atoms with E-state index in [-0.39, 0.29) is 6.04 Å². The second-order valence-electron chi connectivity index (χ2n) is 4.51. The molecular formula is C11H16BrN3O2. The van der Waals surface area contributed by atoms with Gasteiger partial charge in [0.1, 0.15) is 6.04 Å². The summed E-state index contributed by atoms with van der Waals surface area (Å²) in [6, 6.07) is -0.171. The molecule has 0 bridgehead atoms. The molecule has 2 rings (SSSR count). The van der Waals surface area contributed by atoms with Gasteiger partial charge in [-0.15, -0.1) is 0 Å². The maximum atomic E-state index is 10.8. The van der Waals surface area contributed by atoms with Gasteiger partial charge in [0.2, 0.25) is 0 Å². The Balaban J connectivity index is 2.05. The lowest BCUT2D eigenvalue weighted by Gasteiger charge is -2.12. The van der Waals surface area contributed by atoms with E-state index in [0.29, 0.717) is 6.42 Å². The Labute approximate surface area is 108 Å². The van der Waals surface area contributed by atoms with E-state index in [1.54, 1.807) is 0 Å². The number of nitrogens with zero attached hydrogens (tertiary/aromatic N) is 2. The molecule has 2 N–H and O–H groups in total. The molecule has 1 aromatic heterocycles. The lowest BCUT2D eigenvalue weighted by atomic mass is 10.1. The molecular weight excluding hydrogens is 286 g/mol. The van der Waals surface area contributed by atoms with Gasteiger partial charge in [0.15, 0.2) is 0 Å². The van der Waals surface area contributed by atoms with Crippen molar-refractivity contribution in [2.24, 2.45) is 7.05 Å². The van der Waals surface area contributed by atoms with Gasteiger partial charge in [-0.25, -0.2) is 0 Å². The van der Waals surface area contributed by atoms with E-state index in [0.717, 1.165) is 28.7 Å². The number of aryl methyl sites for hydroxylation is 2. The van der Waals surface area contributed by atoms with Crippen LogP contribution >= 0.6 is 15.9 Å². The fourth-order valence-electron chi connectivity index (χ4n) is 2.31. The van der Waals surface area contributed by atoms with Crippen LogP contribution in [0.2, 0.25) is 0 Å². The number of carboxylic acid groups (broad SMARTS) is 1. The van der Waals surface area contributed by atoms with Gasteiger partial charge in [0, 0.05) is 19.5 Å². The van der Waals surface area contributed by atoms with Crippen molar-refractivity contribution in [2.45, 2.75) is 38.3 Å². The lowest BCUT2D eigenvalue weighted by molar-refractivity contribution is -0.139. The van der Waals surface area contributed by atoms with Crippen LogP contribution < -0.4 is 5.32 Å². The van der Waals surface area contributed by atoms with Crippen LogP contribution in [0.3, 0.4) is 0 Å². The molecule has 2 heterocycles. The molecule has 0 saturated carbocycles. The van der Waals surface area contributed by atoms with Crippen molar-refractivity contribution in [3.05, 3.63) is 15.9 Å². The van der Waals surface area contributed by atoms with Crippen molar-refractivity contribution in [1.29, 1.82) is 0 Å². The number of rotatable bonds is 3. The average molecular weight is 302 g/mol. The van der Waals surface area contributed by atoms with Crippen molar-refractivity contribution in [3.8, 4) is 0 Å². The van der Waals surface area contributed by atoms with Crippen LogP contribution in [0.4, 0.5) is 0 Å². The molecule has 1 aliphatic heterocycles. The van der Waals surface area contributed by atoms with E-state index in [1.807, 2.05) is 18.7 Å². The van der Waals surface area contributed by atoms with Gasteiger partial charge in [-0.3, -0.25) is 9.48 Å². The topological polar surface area (TPSA) is 67.2 Å². The highest BCUT2D eigenvalue weighted by Gasteiger charge is 2.29. The van der Waals surface area contributed by atoms with Crippen LogP contribution in [0.1, 0.15) is 24.2 Å². The number of carboxylic acids is 1. The molecule has 5 nitrogen and oxygen atoms in total. The molecule has 0 aliphatic carbocycles. The van der Waals surface area contributed by atoms with Crippen molar-refractivity contribution in [3.63, 3.8) is 0 Å².